The maximum atomic E-state index is 11.6. The van der Waals surface area contributed by atoms with E-state index in [1.807, 2.05) is 0 Å². The van der Waals surface area contributed by atoms with Gasteiger partial charge in [-0.15, -0.1) is 0 Å². The highest BCUT2D eigenvalue weighted by atomic mass is 32.2. The Bertz CT molecular complexity index is 338. The molecule has 1 rings (SSSR count). The summed E-state index contributed by atoms with van der Waals surface area (Å²) in [6.45, 7) is 2.45. The first-order valence-electron chi connectivity index (χ1n) is 5.52. The van der Waals surface area contributed by atoms with Gasteiger partial charge in [-0.3, -0.25) is 4.79 Å². The molecule has 0 aromatic carbocycles. The lowest BCUT2D eigenvalue weighted by Gasteiger charge is -2.22. The Hall–Kier alpha value is -0.700. The molecule has 0 radical (unpaired) electrons. The van der Waals surface area contributed by atoms with Gasteiger partial charge in [0.15, 0.2) is 0 Å². The third kappa shape index (κ3) is 6.57. The lowest BCUT2D eigenvalue weighted by molar-refractivity contribution is -0.125. The topological polar surface area (TPSA) is 96.5 Å². The molecular formula is C9H19N3O4S. The number of morpholine rings is 1. The summed E-state index contributed by atoms with van der Waals surface area (Å²) in [4.78, 5) is 11.6. The van der Waals surface area contributed by atoms with Crippen LogP contribution in [0.1, 0.15) is 6.42 Å². The quantitative estimate of drug-likeness (QED) is 0.484. The van der Waals surface area contributed by atoms with Gasteiger partial charge in [0, 0.05) is 19.6 Å². The fourth-order valence-corrected chi connectivity index (χ4v) is 1.93. The Morgan fingerprint density at radius 1 is 1.47 bits per heavy atom. The first kappa shape index (κ1) is 14.4. The fourth-order valence-electron chi connectivity index (χ4n) is 1.41. The van der Waals surface area contributed by atoms with Crippen LogP contribution in [0.25, 0.3) is 0 Å². The summed E-state index contributed by atoms with van der Waals surface area (Å²) in [5.41, 5.74) is 0. The van der Waals surface area contributed by atoms with Gasteiger partial charge >= 0.3 is 0 Å². The monoisotopic (exact) mass is 265 g/mol. The number of rotatable bonds is 6. The van der Waals surface area contributed by atoms with Crippen molar-refractivity contribution in [1.29, 1.82) is 0 Å². The van der Waals surface area contributed by atoms with Crippen molar-refractivity contribution in [2.45, 2.75) is 12.5 Å². The summed E-state index contributed by atoms with van der Waals surface area (Å²) in [6.07, 6.45) is 1.67. The summed E-state index contributed by atoms with van der Waals surface area (Å²) in [7, 11) is -3.14. The van der Waals surface area contributed by atoms with Gasteiger partial charge in [-0.05, 0) is 6.42 Å². The van der Waals surface area contributed by atoms with E-state index in [1.54, 1.807) is 0 Å². The zero-order valence-electron chi connectivity index (χ0n) is 9.86. The van der Waals surface area contributed by atoms with Crippen LogP contribution in [-0.2, 0) is 19.6 Å². The van der Waals surface area contributed by atoms with Crippen LogP contribution >= 0.6 is 0 Å². The van der Waals surface area contributed by atoms with Crippen molar-refractivity contribution >= 4 is 15.9 Å². The van der Waals surface area contributed by atoms with Gasteiger partial charge in [0.25, 0.3) is 0 Å². The summed E-state index contributed by atoms with van der Waals surface area (Å²) in [5.74, 6) is -0.107. The van der Waals surface area contributed by atoms with E-state index in [4.69, 9.17) is 4.74 Å². The maximum absolute atomic E-state index is 11.6. The molecule has 1 unspecified atom stereocenters. The van der Waals surface area contributed by atoms with Gasteiger partial charge < -0.3 is 15.4 Å². The van der Waals surface area contributed by atoms with Crippen LogP contribution in [0, 0.1) is 0 Å². The van der Waals surface area contributed by atoms with Crippen molar-refractivity contribution in [2.24, 2.45) is 0 Å². The van der Waals surface area contributed by atoms with Crippen LogP contribution in [0.15, 0.2) is 0 Å². The van der Waals surface area contributed by atoms with E-state index in [0.29, 0.717) is 39.3 Å². The molecule has 1 heterocycles. The number of carbonyl (C=O) groups excluding carboxylic acids is 1. The van der Waals surface area contributed by atoms with E-state index < -0.39 is 10.0 Å². The molecule has 1 fully saturated rings. The molecule has 0 aliphatic carbocycles. The van der Waals surface area contributed by atoms with E-state index >= 15 is 0 Å². The Labute approximate surface area is 101 Å². The molecule has 0 bridgehead atoms. The Kier molecular flexibility index (Phi) is 5.83. The van der Waals surface area contributed by atoms with Crippen molar-refractivity contribution in [3.63, 3.8) is 0 Å². The molecular weight excluding hydrogens is 246 g/mol. The summed E-state index contributed by atoms with van der Waals surface area (Å²) < 4.78 is 29.0. The van der Waals surface area contributed by atoms with Crippen LogP contribution in [0.3, 0.4) is 0 Å². The first-order chi connectivity index (χ1) is 7.99. The van der Waals surface area contributed by atoms with Gasteiger partial charge in [0.1, 0.15) is 6.04 Å². The van der Waals surface area contributed by atoms with E-state index in [2.05, 4.69) is 15.4 Å². The van der Waals surface area contributed by atoms with Crippen molar-refractivity contribution in [2.75, 3.05) is 39.1 Å². The zero-order chi connectivity index (χ0) is 12.7. The van der Waals surface area contributed by atoms with Crippen molar-refractivity contribution < 1.29 is 17.9 Å². The summed E-state index contributed by atoms with van der Waals surface area (Å²) in [6, 6.07) is -0.299. The number of amides is 1. The van der Waals surface area contributed by atoms with E-state index in [0.717, 1.165) is 6.26 Å². The predicted molar refractivity (Wildman–Crippen MR) is 63.1 cm³/mol. The molecule has 7 nitrogen and oxygen atoms in total. The van der Waals surface area contributed by atoms with Crippen molar-refractivity contribution in [3.8, 4) is 0 Å². The smallest absolute Gasteiger partial charge is 0.239 e. The minimum Gasteiger partial charge on any atom is -0.378 e. The number of nitrogens with one attached hydrogen (secondary N) is 3. The van der Waals surface area contributed by atoms with E-state index in [1.165, 1.54) is 0 Å². The molecule has 0 aromatic rings. The number of carbonyl (C=O) groups is 1. The van der Waals surface area contributed by atoms with Crippen LogP contribution < -0.4 is 15.4 Å². The van der Waals surface area contributed by atoms with Gasteiger partial charge in [0.05, 0.1) is 19.5 Å². The fraction of sp³-hybridized carbons (Fsp3) is 0.889. The molecule has 0 spiro atoms. The average Bonchev–Trinajstić information content (AvgIpc) is 2.28. The molecule has 8 heteroatoms. The molecule has 1 amide bonds. The minimum atomic E-state index is -3.14. The normalized spacial score (nSPS) is 21.1. The van der Waals surface area contributed by atoms with Crippen LogP contribution in [-0.4, -0.2) is 59.5 Å². The molecule has 1 aliphatic rings. The highest BCUT2D eigenvalue weighted by Gasteiger charge is 2.20. The van der Waals surface area contributed by atoms with E-state index in [9.17, 15) is 13.2 Å². The summed E-state index contributed by atoms with van der Waals surface area (Å²) in [5, 5.41) is 5.76. The third-order valence-corrected chi connectivity index (χ3v) is 2.98. The molecule has 17 heavy (non-hydrogen) atoms. The second kappa shape index (κ2) is 6.90. The molecule has 1 atom stereocenters. The average molecular weight is 265 g/mol. The van der Waals surface area contributed by atoms with Gasteiger partial charge in [-0.2, -0.15) is 0 Å². The predicted octanol–water partition coefficient (Wildman–Crippen LogP) is -1.97. The third-order valence-electron chi connectivity index (χ3n) is 2.26. The second-order valence-corrected chi connectivity index (χ2v) is 5.73. The second-order valence-electron chi connectivity index (χ2n) is 3.89. The Morgan fingerprint density at radius 2 is 2.24 bits per heavy atom. The largest absolute Gasteiger partial charge is 0.378 e. The van der Waals surface area contributed by atoms with Gasteiger partial charge in [-0.25, -0.2) is 13.1 Å². The highest BCUT2D eigenvalue weighted by Crippen LogP contribution is 1.92. The van der Waals surface area contributed by atoms with Crippen LogP contribution in [0.5, 0.6) is 0 Å². The number of ether oxygens (including phenoxy) is 1. The first-order valence-corrected chi connectivity index (χ1v) is 7.41. The lowest BCUT2D eigenvalue weighted by atomic mass is 10.2. The number of hydrogen-bond donors (Lipinski definition) is 3. The standard InChI is InChI=1S/C9H19N3O4S/c1-17(14,15)12-4-2-3-11-9(13)8-7-16-6-5-10-8/h8,10,12H,2-7H2,1H3,(H,11,13). The minimum absolute atomic E-state index is 0.107. The maximum Gasteiger partial charge on any atom is 0.239 e. The molecule has 1 aliphatic heterocycles. The molecule has 100 valence electrons. The zero-order valence-corrected chi connectivity index (χ0v) is 10.7. The Balaban J connectivity index is 2.07. The van der Waals surface area contributed by atoms with Crippen molar-refractivity contribution in [1.82, 2.24) is 15.4 Å². The molecule has 1 saturated heterocycles. The molecule has 0 saturated carbocycles. The highest BCUT2D eigenvalue weighted by molar-refractivity contribution is 7.88. The Morgan fingerprint density at radius 3 is 2.82 bits per heavy atom. The number of hydrogen-bond acceptors (Lipinski definition) is 5. The van der Waals surface area contributed by atoms with Gasteiger partial charge in [-0.1, -0.05) is 0 Å². The number of sulfonamides is 1. The van der Waals surface area contributed by atoms with Gasteiger partial charge in [0.2, 0.25) is 15.9 Å². The lowest BCUT2D eigenvalue weighted by Crippen LogP contribution is -2.51. The summed E-state index contributed by atoms with van der Waals surface area (Å²) >= 11 is 0. The molecule has 0 aromatic heterocycles. The van der Waals surface area contributed by atoms with Crippen LogP contribution in [0.4, 0.5) is 0 Å². The molecule has 3 N–H and O–H groups in total. The van der Waals surface area contributed by atoms with Crippen LogP contribution in [0.2, 0.25) is 0 Å². The van der Waals surface area contributed by atoms with Crippen molar-refractivity contribution in [3.05, 3.63) is 0 Å². The van der Waals surface area contributed by atoms with E-state index in [-0.39, 0.29) is 11.9 Å². The SMILES string of the molecule is CS(=O)(=O)NCCCNC(=O)C1COCCN1.